The Bertz CT molecular complexity index is 1280. The van der Waals surface area contributed by atoms with E-state index in [-0.39, 0.29) is 4.90 Å². The number of hydrogen-bond acceptors (Lipinski definition) is 8. The molecule has 10 heteroatoms. The highest BCUT2D eigenvalue weighted by atomic mass is 32.2. The van der Waals surface area contributed by atoms with Gasteiger partial charge in [-0.2, -0.15) is 4.31 Å². The first-order valence-electron chi connectivity index (χ1n) is 12.6. The number of esters is 1. The summed E-state index contributed by atoms with van der Waals surface area (Å²) < 4.78 is 34.0. The van der Waals surface area contributed by atoms with E-state index in [9.17, 15) is 13.2 Å². The molecule has 1 saturated heterocycles. The second-order valence-corrected chi connectivity index (χ2v) is 11.8. The predicted molar refractivity (Wildman–Crippen MR) is 145 cm³/mol. The molecule has 1 aliphatic heterocycles. The van der Waals surface area contributed by atoms with Crippen LogP contribution < -0.4 is 9.64 Å². The molecule has 0 amide bonds. The monoisotopic (exact) mass is 530 g/mol. The number of ether oxygens (including phenoxy) is 1. The molecule has 3 aromatic rings. The molecule has 0 atom stereocenters. The van der Waals surface area contributed by atoms with Gasteiger partial charge in [-0.05, 0) is 55.8 Å². The normalized spacial score (nSPS) is 15.1. The summed E-state index contributed by atoms with van der Waals surface area (Å²) in [5.74, 6) is -0.0926. The number of fused-ring (bicyclic) bond motifs is 1. The van der Waals surface area contributed by atoms with Crippen LogP contribution in [-0.4, -0.2) is 74.4 Å². The van der Waals surface area contributed by atoms with Gasteiger partial charge in [0.15, 0.2) is 5.13 Å². The SMILES string of the molecule is CCCN(CCC)S(=O)(=O)c1ccc(C(=O)Oc2ccc3nc(N4CCN(CC)CC4)sc3c2)cc1. The third-order valence-corrected chi connectivity index (χ3v) is 9.31. The Kier molecular flexibility index (Phi) is 8.61. The van der Waals surface area contributed by atoms with Crippen LogP contribution in [0.15, 0.2) is 47.4 Å². The molecule has 0 bridgehead atoms. The van der Waals surface area contributed by atoms with Gasteiger partial charge in [-0.15, -0.1) is 0 Å². The number of piperazine rings is 1. The minimum Gasteiger partial charge on any atom is -0.423 e. The van der Waals surface area contributed by atoms with E-state index < -0.39 is 16.0 Å². The van der Waals surface area contributed by atoms with Crippen molar-refractivity contribution in [3.63, 3.8) is 0 Å². The fraction of sp³-hybridized carbons (Fsp3) is 0.462. The molecule has 0 N–H and O–H groups in total. The molecular weight excluding hydrogens is 496 g/mol. The highest BCUT2D eigenvalue weighted by molar-refractivity contribution is 7.89. The first-order chi connectivity index (χ1) is 17.3. The zero-order valence-corrected chi connectivity index (χ0v) is 22.8. The third-order valence-electron chi connectivity index (χ3n) is 6.32. The summed E-state index contributed by atoms with van der Waals surface area (Å²) in [6, 6.07) is 11.4. The molecule has 36 heavy (non-hydrogen) atoms. The summed E-state index contributed by atoms with van der Waals surface area (Å²) >= 11 is 1.60. The number of likely N-dealkylation sites (N-methyl/N-ethyl adjacent to an activating group) is 1. The number of aromatic nitrogens is 1. The Hall–Kier alpha value is -2.53. The minimum atomic E-state index is -3.59. The van der Waals surface area contributed by atoms with E-state index >= 15 is 0 Å². The van der Waals surface area contributed by atoms with Crippen LogP contribution >= 0.6 is 11.3 Å². The molecule has 2 aromatic carbocycles. The number of anilines is 1. The molecule has 0 aliphatic carbocycles. The second-order valence-electron chi connectivity index (χ2n) is 8.87. The lowest BCUT2D eigenvalue weighted by molar-refractivity contribution is 0.0735. The van der Waals surface area contributed by atoms with Crippen LogP contribution in [-0.2, 0) is 10.0 Å². The molecule has 0 spiro atoms. The summed E-state index contributed by atoms with van der Waals surface area (Å²) in [7, 11) is -3.59. The highest BCUT2D eigenvalue weighted by Crippen LogP contribution is 2.32. The van der Waals surface area contributed by atoms with E-state index in [1.165, 1.54) is 28.6 Å². The number of carbonyl (C=O) groups excluding carboxylic acids is 1. The zero-order chi connectivity index (χ0) is 25.7. The largest absolute Gasteiger partial charge is 0.423 e. The van der Waals surface area contributed by atoms with Crippen molar-refractivity contribution >= 4 is 42.7 Å². The molecule has 8 nitrogen and oxygen atoms in total. The molecule has 0 saturated carbocycles. The predicted octanol–water partition coefficient (Wildman–Crippen LogP) is 4.47. The van der Waals surface area contributed by atoms with Crippen molar-refractivity contribution in [2.45, 2.75) is 38.5 Å². The number of rotatable bonds is 10. The van der Waals surface area contributed by atoms with E-state index in [1.807, 2.05) is 26.0 Å². The van der Waals surface area contributed by atoms with Crippen molar-refractivity contribution in [2.75, 3.05) is 50.7 Å². The van der Waals surface area contributed by atoms with E-state index in [2.05, 4.69) is 16.7 Å². The lowest BCUT2D eigenvalue weighted by Gasteiger charge is -2.33. The first kappa shape index (κ1) is 26.5. The van der Waals surface area contributed by atoms with Crippen molar-refractivity contribution in [1.29, 1.82) is 0 Å². The van der Waals surface area contributed by atoms with Crippen LogP contribution in [0.25, 0.3) is 10.2 Å². The van der Waals surface area contributed by atoms with E-state index in [4.69, 9.17) is 9.72 Å². The van der Waals surface area contributed by atoms with Gasteiger partial charge >= 0.3 is 5.97 Å². The van der Waals surface area contributed by atoms with Gasteiger partial charge in [0.2, 0.25) is 10.0 Å². The van der Waals surface area contributed by atoms with Crippen molar-refractivity contribution < 1.29 is 17.9 Å². The summed E-state index contributed by atoms with van der Waals surface area (Å²) in [4.78, 5) is 22.4. The average molecular weight is 531 g/mol. The number of sulfonamides is 1. The molecule has 0 unspecified atom stereocenters. The Morgan fingerprint density at radius 3 is 2.28 bits per heavy atom. The molecule has 1 aliphatic rings. The topological polar surface area (TPSA) is 83.0 Å². The number of thiazole rings is 1. The maximum atomic E-state index is 13.0. The maximum Gasteiger partial charge on any atom is 0.343 e. The van der Waals surface area contributed by atoms with Crippen LogP contribution in [0.3, 0.4) is 0 Å². The third kappa shape index (κ3) is 5.88. The van der Waals surface area contributed by atoms with Gasteiger partial charge in [0.05, 0.1) is 20.7 Å². The standard InChI is InChI=1S/C26H34N4O4S2/c1-4-13-30(14-5-2)36(32,33)22-10-7-20(8-11-22)25(31)34-21-9-12-23-24(19-21)35-26(27-23)29-17-15-28(6-3)16-18-29/h7-12,19H,4-6,13-18H2,1-3H3. The van der Waals surface area contributed by atoms with Crippen molar-refractivity contribution in [2.24, 2.45) is 0 Å². The molecule has 1 aromatic heterocycles. The molecule has 2 heterocycles. The summed E-state index contributed by atoms with van der Waals surface area (Å²) in [5.41, 5.74) is 1.18. The van der Waals surface area contributed by atoms with Crippen LogP contribution in [0.2, 0.25) is 0 Å². The Balaban J connectivity index is 1.44. The maximum absolute atomic E-state index is 13.0. The Morgan fingerprint density at radius 1 is 1.00 bits per heavy atom. The van der Waals surface area contributed by atoms with E-state index in [0.29, 0.717) is 24.4 Å². The van der Waals surface area contributed by atoms with Crippen molar-refractivity contribution in [1.82, 2.24) is 14.2 Å². The van der Waals surface area contributed by atoms with Gasteiger partial charge in [0.1, 0.15) is 5.75 Å². The number of carbonyl (C=O) groups is 1. The summed E-state index contributed by atoms with van der Waals surface area (Å²) in [6.45, 7) is 12.1. The number of hydrogen-bond donors (Lipinski definition) is 0. The molecule has 0 radical (unpaired) electrons. The molecule has 194 valence electrons. The van der Waals surface area contributed by atoms with E-state index in [1.54, 1.807) is 17.4 Å². The van der Waals surface area contributed by atoms with Crippen molar-refractivity contribution in [3.05, 3.63) is 48.0 Å². The first-order valence-corrected chi connectivity index (χ1v) is 14.8. The molecular formula is C26H34N4O4S2. The quantitative estimate of drug-likeness (QED) is 0.283. The van der Waals surface area contributed by atoms with Gasteiger partial charge < -0.3 is 14.5 Å². The Morgan fingerprint density at radius 2 is 1.67 bits per heavy atom. The smallest absolute Gasteiger partial charge is 0.343 e. The van der Waals surface area contributed by atoms with Crippen molar-refractivity contribution in [3.8, 4) is 5.75 Å². The number of benzene rings is 2. The lowest BCUT2D eigenvalue weighted by Crippen LogP contribution is -2.46. The summed E-state index contributed by atoms with van der Waals surface area (Å²) in [6.07, 6.45) is 1.48. The molecule has 1 fully saturated rings. The van der Waals surface area contributed by atoms with Gasteiger partial charge in [-0.3, -0.25) is 0 Å². The second kappa shape index (κ2) is 11.7. The van der Waals surface area contributed by atoms with Crippen LogP contribution in [0.4, 0.5) is 5.13 Å². The lowest BCUT2D eigenvalue weighted by atomic mass is 10.2. The van der Waals surface area contributed by atoms with Gasteiger partial charge in [0, 0.05) is 45.3 Å². The highest BCUT2D eigenvalue weighted by Gasteiger charge is 2.24. The number of nitrogens with zero attached hydrogens (tertiary/aromatic N) is 4. The van der Waals surface area contributed by atoms with Gasteiger partial charge in [-0.25, -0.2) is 18.2 Å². The minimum absolute atomic E-state index is 0.180. The summed E-state index contributed by atoms with van der Waals surface area (Å²) in [5, 5.41) is 0.987. The van der Waals surface area contributed by atoms with Crippen LogP contribution in [0, 0.1) is 0 Å². The van der Waals surface area contributed by atoms with Crippen LogP contribution in [0.5, 0.6) is 5.75 Å². The Labute approximate surface area is 217 Å². The zero-order valence-electron chi connectivity index (χ0n) is 21.1. The molecule has 4 rings (SSSR count). The fourth-order valence-corrected chi connectivity index (χ4v) is 6.95. The average Bonchev–Trinajstić information content (AvgIpc) is 3.32. The van der Waals surface area contributed by atoms with E-state index in [0.717, 1.165) is 60.9 Å². The van der Waals surface area contributed by atoms with Gasteiger partial charge in [0.25, 0.3) is 0 Å². The van der Waals surface area contributed by atoms with Gasteiger partial charge in [-0.1, -0.05) is 32.1 Å². The fourth-order valence-electron chi connectivity index (χ4n) is 4.28. The van der Waals surface area contributed by atoms with Crippen LogP contribution in [0.1, 0.15) is 44.0 Å².